The van der Waals surface area contributed by atoms with Crippen LogP contribution >= 0.6 is 0 Å². The van der Waals surface area contributed by atoms with Crippen molar-refractivity contribution in [2.45, 2.75) is 12.7 Å². The summed E-state index contributed by atoms with van der Waals surface area (Å²) in [6.07, 6.45) is -0.436. The lowest BCUT2D eigenvalue weighted by Crippen LogP contribution is -2.45. The quantitative estimate of drug-likeness (QED) is 0.740. The fourth-order valence-electron chi connectivity index (χ4n) is 2.99. The van der Waals surface area contributed by atoms with Crippen molar-refractivity contribution >= 4 is 5.91 Å². The molecule has 2 aromatic carbocycles. The molecule has 0 bridgehead atoms. The molecule has 2 N–H and O–H groups in total. The maximum absolute atomic E-state index is 13.8. The zero-order valence-electron chi connectivity index (χ0n) is 14.0. The van der Waals surface area contributed by atoms with E-state index < -0.39 is 17.8 Å². The first-order valence-corrected chi connectivity index (χ1v) is 8.32. The van der Waals surface area contributed by atoms with Crippen molar-refractivity contribution in [1.82, 2.24) is 20.4 Å². The lowest BCUT2D eigenvalue weighted by molar-refractivity contribution is 0.0900. The molecule has 27 heavy (non-hydrogen) atoms. The number of amides is 1. The minimum Gasteiger partial charge on any atom is -0.347 e. The summed E-state index contributed by atoms with van der Waals surface area (Å²) in [4.78, 5) is 12.1. The van der Waals surface area contributed by atoms with E-state index in [0.29, 0.717) is 17.0 Å². The van der Waals surface area contributed by atoms with E-state index in [1.165, 1.54) is 16.8 Å². The number of carbonyl (C=O) groups excluding carboxylic acids is 1. The van der Waals surface area contributed by atoms with Crippen LogP contribution in [0.3, 0.4) is 0 Å². The summed E-state index contributed by atoms with van der Waals surface area (Å²) in [7, 11) is 0. The highest BCUT2D eigenvalue weighted by atomic mass is 19.1. The van der Waals surface area contributed by atoms with Crippen molar-refractivity contribution in [3.8, 4) is 11.3 Å². The number of nitrogens with one attached hydrogen (secondary N) is 2. The third-order valence-corrected chi connectivity index (χ3v) is 4.40. The second-order valence-electron chi connectivity index (χ2n) is 6.21. The Balaban J connectivity index is 1.60. The Bertz CT molecular complexity index is 1000. The summed E-state index contributed by atoms with van der Waals surface area (Å²) in [6, 6.07) is 10.6. The summed E-state index contributed by atoms with van der Waals surface area (Å²) >= 11 is 0. The molecule has 1 atom stereocenters. The minimum atomic E-state index is -0.525. The molecule has 8 heteroatoms. The molecule has 1 aromatic heterocycles. The van der Waals surface area contributed by atoms with Crippen LogP contribution in [0.4, 0.5) is 13.2 Å². The first-order chi connectivity index (χ1) is 13.0. The van der Waals surface area contributed by atoms with Crippen molar-refractivity contribution in [2.24, 2.45) is 0 Å². The van der Waals surface area contributed by atoms with Crippen LogP contribution < -0.4 is 10.6 Å². The number of carbonyl (C=O) groups is 1. The zero-order valence-corrected chi connectivity index (χ0v) is 14.0. The average Bonchev–Trinajstić information content (AvgIpc) is 3.11. The second-order valence-corrected chi connectivity index (χ2v) is 6.21. The molecule has 0 unspecified atom stereocenters. The predicted octanol–water partition coefficient (Wildman–Crippen LogP) is 3.00. The van der Waals surface area contributed by atoms with E-state index in [2.05, 4.69) is 15.7 Å². The highest BCUT2D eigenvalue weighted by molar-refractivity contribution is 5.94. The Hall–Kier alpha value is -3.13. The second kappa shape index (κ2) is 6.88. The van der Waals surface area contributed by atoms with Gasteiger partial charge in [-0.2, -0.15) is 5.10 Å². The van der Waals surface area contributed by atoms with Gasteiger partial charge in [0.05, 0.1) is 12.2 Å². The van der Waals surface area contributed by atoms with Crippen LogP contribution in [0.2, 0.25) is 0 Å². The molecule has 0 aliphatic carbocycles. The van der Waals surface area contributed by atoms with E-state index in [1.807, 2.05) is 0 Å². The topological polar surface area (TPSA) is 59.0 Å². The molecule has 2 heterocycles. The first kappa shape index (κ1) is 17.3. The normalized spacial score (nSPS) is 16.1. The molecule has 0 saturated carbocycles. The number of aromatic nitrogens is 2. The molecule has 5 nitrogen and oxygen atoms in total. The maximum atomic E-state index is 13.8. The van der Waals surface area contributed by atoms with Gasteiger partial charge in [0.2, 0.25) is 0 Å². The smallest absolute Gasteiger partial charge is 0.269 e. The predicted molar refractivity (Wildman–Crippen MR) is 92.2 cm³/mol. The van der Waals surface area contributed by atoms with Crippen LogP contribution in [0, 0.1) is 17.5 Å². The number of hydrogen-bond acceptors (Lipinski definition) is 3. The minimum absolute atomic E-state index is 0.0648. The average molecular weight is 372 g/mol. The van der Waals surface area contributed by atoms with Crippen LogP contribution in [0.5, 0.6) is 0 Å². The number of halogens is 3. The van der Waals surface area contributed by atoms with Gasteiger partial charge in [0, 0.05) is 17.7 Å². The maximum Gasteiger partial charge on any atom is 0.269 e. The lowest BCUT2D eigenvalue weighted by Gasteiger charge is -2.26. The molecule has 1 amide bonds. The van der Waals surface area contributed by atoms with Gasteiger partial charge in [-0.05, 0) is 48.5 Å². The van der Waals surface area contributed by atoms with Gasteiger partial charge in [-0.3, -0.25) is 10.1 Å². The molecule has 1 aliphatic rings. The van der Waals surface area contributed by atoms with Crippen LogP contribution in [0.15, 0.2) is 48.5 Å². The third-order valence-electron chi connectivity index (χ3n) is 4.40. The molecule has 3 aromatic rings. The van der Waals surface area contributed by atoms with E-state index in [0.717, 1.165) is 18.2 Å². The summed E-state index contributed by atoms with van der Waals surface area (Å²) in [5, 5.41) is 10.2. The van der Waals surface area contributed by atoms with Gasteiger partial charge in [-0.1, -0.05) is 0 Å². The summed E-state index contributed by atoms with van der Waals surface area (Å²) < 4.78 is 41.8. The van der Waals surface area contributed by atoms with Gasteiger partial charge < -0.3 is 5.32 Å². The fraction of sp³-hybridized carbons (Fsp3) is 0.158. The number of rotatable bonds is 4. The summed E-state index contributed by atoms with van der Waals surface area (Å²) in [5.74, 6) is -1.69. The van der Waals surface area contributed by atoms with Gasteiger partial charge in [-0.25, -0.2) is 17.9 Å². The van der Waals surface area contributed by atoms with Gasteiger partial charge in [0.25, 0.3) is 5.91 Å². The molecule has 0 spiro atoms. The van der Waals surface area contributed by atoms with Crippen LogP contribution in [0.1, 0.15) is 22.2 Å². The van der Waals surface area contributed by atoms with Crippen LogP contribution in [0.25, 0.3) is 11.3 Å². The monoisotopic (exact) mass is 372 g/mol. The van der Waals surface area contributed by atoms with Gasteiger partial charge in [0.1, 0.15) is 29.3 Å². The molecule has 0 radical (unpaired) electrons. The molecule has 0 fully saturated rings. The van der Waals surface area contributed by atoms with Crippen LogP contribution in [-0.2, 0) is 6.54 Å². The molecule has 0 saturated heterocycles. The molecule has 1 aliphatic heterocycles. The van der Waals surface area contributed by atoms with Crippen molar-refractivity contribution in [3.05, 3.63) is 77.2 Å². The zero-order chi connectivity index (χ0) is 19.0. The lowest BCUT2D eigenvalue weighted by atomic mass is 10.1. The highest BCUT2D eigenvalue weighted by Gasteiger charge is 2.27. The Morgan fingerprint density at radius 1 is 1.07 bits per heavy atom. The van der Waals surface area contributed by atoms with E-state index >= 15 is 0 Å². The molecular weight excluding hydrogens is 357 g/mol. The standard InChI is InChI=1S/C19H15F3N4O/c20-13-3-1-11(2-4-13)16-8-17-19(27)24-10-18(26(17)25-16)23-9-12-7-14(21)5-6-15(12)22/h1-8,18,23H,9-10H2,(H,24,27)/t18-/m1/s1. The fourth-order valence-corrected chi connectivity index (χ4v) is 2.99. The summed E-state index contributed by atoms with van der Waals surface area (Å²) in [5.41, 5.74) is 1.70. The number of hydrogen-bond donors (Lipinski definition) is 2. The largest absolute Gasteiger partial charge is 0.347 e. The van der Waals surface area contributed by atoms with Crippen molar-refractivity contribution < 1.29 is 18.0 Å². The van der Waals surface area contributed by atoms with E-state index in [-0.39, 0.29) is 30.4 Å². The number of fused-ring (bicyclic) bond motifs is 1. The Labute approximate surface area is 152 Å². The van der Waals surface area contributed by atoms with Crippen molar-refractivity contribution in [3.63, 3.8) is 0 Å². The van der Waals surface area contributed by atoms with Crippen molar-refractivity contribution in [2.75, 3.05) is 6.54 Å². The van der Waals surface area contributed by atoms with Crippen molar-refractivity contribution in [1.29, 1.82) is 0 Å². The van der Waals surface area contributed by atoms with E-state index in [4.69, 9.17) is 0 Å². The number of nitrogens with zero attached hydrogens (tertiary/aromatic N) is 2. The third kappa shape index (κ3) is 3.43. The van der Waals surface area contributed by atoms with E-state index in [9.17, 15) is 18.0 Å². The van der Waals surface area contributed by atoms with E-state index in [1.54, 1.807) is 18.2 Å². The van der Waals surface area contributed by atoms with Gasteiger partial charge >= 0.3 is 0 Å². The number of benzene rings is 2. The Kier molecular flexibility index (Phi) is 4.41. The highest BCUT2D eigenvalue weighted by Crippen LogP contribution is 2.23. The Morgan fingerprint density at radius 2 is 1.81 bits per heavy atom. The molecular formula is C19H15F3N4O. The SMILES string of the molecule is O=C1NC[C@H](NCc2cc(F)ccc2F)n2nc(-c3ccc(F)cc3)cc21. The Morgan fingerprint density at radius 3 is 2.59 bits per heavy atom. The summed E-state index contributed by atoms with van der Waals surface area (Å²) in [6.45, 7) is 0.308. The van der Waals surface area contributed by atoms with Crippen LogP contribution in [-0.4, -0.2) is 22.2 Å². The molecule has 4 rings (SSSR count). The molecule has 138 valence electrons. The van der Waals surface area contributed by atoms with Gasteiger partial charge in [-0.15, -0.1) is 0 Å². The van der Waals surface area contributed by atoms with Gasteiger partial charge in [0.15, 0.2) is 0 Å². The first-order valence-electron chi connectivity index (χ1n) is 8.32.